The molecule has 200 valence electrons. The zero-order chi connectivity index (χ0) is 27.0. The van der Waals surface area contributed by atoms with Crippen LogP contribution in [0, 0.1) is 0 Å². The number of anilines is 1. The van der Waals surface area contributed by atoms with Crippen LogP contribution < -0.4 is 24.8 Å². The van der Waals surface area contributed by atoms with Gasteiger partial charge in [0, 0.05) is 13.1 Å². The minimum Gasteiger partial charge on any atom is -0.494 e. The molecule has 1 atom stereocenters. The van der Waals surface area contributed by atoms with E-state index in [1.807, 2.05) is 18.2 Å². The van der Waals surface area contributed by atoms with Crippen molar-refractivity contribution in [3.8, 4) is 17.2 Å². The molecule has 1 aliphatic heterocycles. The molecule has 0 amide bonds. The van der Waals surface area contributed by atoms with Crippen molar-refractivity contribution in [1.29, 1.82) is 0 Å². The Bertz CT molecular complexity index is 1500. The Morgan fingerprint density at radius 3 is 2.16 bits per heavy atom. The normalized spacial score (nSPS) is 15.7. The highest BCUT2D eigenvalue weighted by atomic mass is 19.4. The number of rotatable bonds is 7. The summed E-state index contributed by atoms with van der Waals surface area (Å²) < 4.78 is 61.0. The van der Waals surface area contributed by atoms with Gasteiger partial charge in [-0.25, -0.2) is 4.79 Å². The number of ether oxygens (including phenoxy) is 3. The van der Waals surface area contributed by atoms with Crippen LogP contribution in [0.5, 0.6) is 17.2 Å². The van der Waals surface area contributed by atoms with Gasteiger partial charge in [-0.3, -0.25) is 9.13 Å². The smallest absolute Gasteiger partial charge is 0.416 e. The van der Waals surface area contributed by atoms with E-state index in [1.54, 1.807) is 43.1 Å². The second-order valence-corrected chi connectivity index (χ2v) is 9.12. The maximum absolute atomic E-state index is 13.9. The van der Waals surface area contributed by atoms with Gasteiger partial charge >= 0.3 is 11.9 Å². The third-order valence-corrected chi connectivity index (χ3v) is 7.06. The second-order valence-electron chi connectivity index (χ2n) is 9.12. The molecular formula is C28H28F3N3O4. The van der Waals surface area contributed by atoms with Gasteiger partial charge < -0.3 is 19.1 Å². The fourth-order valence-electron chi connectivity index (χ4n) is 5.37. The molecule has 0 N–H and O–H groups in total. The number of benzene rings is 3. The number of fused-ring (bicyclic) bond motifs is 1. The molecule has 3 aromatic carbocycles. The van der Waals surface area contributed by atoms with Crippen molar-refractivity contribution in [3.63, 3.8) is 0 Å². The van der Waals surface area contributed by atoms with Crippen LogP contribution in [0.15, 0.2) is 65.5 Å². The Morgan fingerprint density at radius 2 is 1.50 bits per heavy atom. The molecule has 10 heteroatoms. The van der Waals surface area contributed by atoms with Crippen molar-refractivity contribution in [2.75, 3.05) is 39.3 Å². The van der Waals surface area contributed by atoms with E-state index in [4.69, 9.17) is 14.2 Å². The van der Waals surface area contributed by atoms with E-state index in [-0.39, 0.29) is 23.8 Å². The van der Waals surface area contributed by atoms with Crippen LogP contribution in [-0.4, -0.2) is 43.6 Å². The third-order valence-electron chi connectivity index (χ3n) is 7.06. The number of halogens is 3. The number of alkyl halides is 3. The topological polar surface area (TPSA) is 57.9 Å². The molecule has 0 bridgehead atoms. The quantitative estimate of drug-likeness (QED) is 0.325. The molecule has 5 rings (SSSR count). The van der Waals surface area contributed by atoms with Gasteiger partial charge in [0.15, 0.2) is 0 Å². The Kier molecular flexibility index (Phi) is 6.73. The Hall–Kier alpha value is -4.08. The van der Waals surface area contributed by atoms with Crippen molar-refractivity contribution >= 4 is 16.7 Å². The Morgan fingerprint density at radius 1 is 0.868 bits per heavy atom. The van der Waals surface area contributed by atoms with Gasteiger partial charge in [0.05, 0.1) is 45.0 Å². The van der Waals surface area contributed by atoms with E-state index >= 15 is 0 Å². The summed E-state index contributed by atoms with van der Waals surface area (Å²) in [5.41, 5.74) is 0.730. The largest absolute Gasteiger partial charge is 0.494 e. The molecule has 2 heterocycles. The van der Waals surface area contributed by atoms with E-state index < -0.39 is 11.7 Å². The summed E-state index contributed by atoms with van der Waals surface area (Å²) in [4.78, 5) is 16.0. The van der Waals surface area contributed by atoms with Crippen LogP contribution in [0.25, 0.3) is 11.0 Å². The summed E-state index contributed by atoms with van der Waals surface area (Å²) in [7, 11) is 4.67. The average Bonchev–Trinajstić information content (AvgIpc) is 3.50. The number of hydrogen-bond acceptors (Lipinski definition) is 5. The van der Waals surface area contributed by atoms with Gasteiger partial charge in [0.1, 0.15) is 28.5 Å². The Balaban J connectivity index is 1.60. The fourth-order valence-corrected chi connectivity index (χ4v) is 5.37. The van der Waals surface area contributed by atoms with Gasteiger partial charge in [-0.05, 0) is 42.3 Å². The van der Waals surface area contributed by atoms with E-state index in [1.165, 1.54) is 23.8 Å². The number of methoxy groups -OCH3 is 3. The lowest BCUT2D eigenvalue weighted by Crippen LogP contribution is -2.30. The van der Waals surface area contributed by atoms with Crippen LogP contribution in [0.3, 0.4) is 0 Å². The maximum atomic E-state index is 13.9. The zero-order valence-electron chi connectivity index (χ0n) is 21.3. The van der Waals surface area contributed by atoms with E-state index in [2.05, 4.69) is 4.90 Å². The minimum atomic E-state index is -4.54. The molecule has 0 unspecified atom stereocenters. The molecule has 0 saturated carbocycles. The SMILES string of the molecule is COc1cccc(OC)c1N1CC[C@@H](n2c(=O)n(Cc3ccccc3C(F)(F)F)c3c(OC)cccc32)C1. The van der Waals surface area contributed by atoms with Gasteiger partial charge in [0.2, 0.25) is 0 Å². The van der Waals surface area contributed by atoms with Crippen LogP contribution in [0.2, 0.25) is 0 Å². The van der Waals surface area contributed by atoms with Crippen LogP contribution in [0.4, 0.5) is 18.9 Å². The van der Waals surface area contributed by atoms with Crippen molar-refractivity contribution in [3.05, 3.63) is 82.3 Å². The van der Waals surface area contributed by atoms with Gasteiger partial charge in [0.25, 0.3) is 0 Å². The standard InChI is InChI=1S/C28H28F3N3O4/c1-36-22-11-6-10-21-25(22)33(16-18-8-4-5-9-20(18)28(29,30)31)27(35)34(21)19-14-15-32(17-19)26-23(37-2)12-7-13-24(26)38-3/h4-13,19H,14-17H2,1-3H3/t19-/m1/s1. The van der Waals surface area contributed by atoms with Crippen molar-refractivity contribution < 1.29 is 27.4 Å². The third kappa shape index (κ3) is 4.33. The van der Waals surface area contributed by atoms with Crippen molar-refractivity contribution in [2.24, 2.45) is 0 Å². The molecule has 0 spiro atoms. The molecule has 1 aliphatic rings. The number of aromatic nitrogens is 2. The Labute approximate surface area is 217 Å². The summed E-state index contributed by atoms with van der Waals surface area (Å²) in [6.07, 6.45) is -3.89. The molecular weight excluding hydrogens is 499 g/mol. The summed E-state index contributed by atoms with van der Waals surface area (Å²) in [5.74, 6) is 1.74. The monoisotopic (exact) mass is 527 g/mol. The highest BCUT2D eigenvalue weighted by molar-refractivity contribution is 5.83. The van der Waals surface area contributed by atoms with Gasteiger partial charge in [-0.2, -0.15) is 13.2 Å². The molecule has 4 aromatic rings. The highest BCUT2D eigenvalue weighted by Gasteiger charge is 2.35. The van der Waals surface area contributed by atoms with Crippen molar-refractivity contribution in [2.45, 2.75) is 25.2 Å². The lowest BCUT2D eigenvalue weighted by atomic mass is 10.1. The number of hydrogen-bond donors (Lipinski definition) is 0. The fraction of sp³-hybridized carbons (Fsp3) is 0.321. The van der Waals surface area contributed by atoms with Crippen LogP contribution >= 0.6 is 0 Å². The first kappa shape index (κ1) is 25.6. The summed E-state index contributed by atoms with van der Waals surface area (Å²) >= 11 is 0. The van der Waals surface area contributed by atoms with E-state index in [9.17, 15) is 18.0 Å². The molecule has 1 aromatic heterocycles. The summed E-state index contributed by atoms with van der Waals surface area (Å²) in [5, 5.41) is 0. The maximum Gasteiger partial charge on any atom is 0.416 e. The first-order chi connectivity index (χ1) is 18.3. The molecule has 38 heavy (non-hydrogen) atoms. The molecule has 1 fully saturated rings. The molecule has 0 aliphatic carbocycles. The summed E-state index contributed by atoms with van der Waals surface area (Å²) in [6.45, 7) is 0.892. The van der Waals surface area contributed by atoms with Crippen molar-refractivity contribution in [1.82, 2.24) is 9.13 Å². The summed E-state index contributed by atoms with van der Waals surface area (Å²) in [6, 6.07) is 15.9. The lowest BCUT2D eigenvalue weighted by molar-refractivity contribution is -0.138. The molecule has 7 nitrogen and oxygen atoms in total. The predicted molar refractivity (Wildman–Crippen MR) is 139 cm³/mol. The minimum absolute atomic E-state index is 0.0128. The number of para-hydroxylation sites is 2. The highest BCUT2D eigenvalue weighted by Crippen LogP contribution is 2.41. The zero-order valence-corrected chi connectivity index (χ0v) is 21.3. The first-order valence-electron chi connectivity index (χ1n) is 12.2. The van der Waals surface area contributed by atoms with E-state index in [0.29, 0.717) is 47.8 Å². The number of nitrogens with zero attached hydrogens (tertiary/aromatic N) is 3. The molecule has 1 saturated heterocycles. The van der Waals surface area contributed by atoms with Crippen LogP contribution in [0.1, 0.15) is 23.6 Å². The first-order valence-corrected chi connectivity index (χ1v) is 12.2. The van der Waals surface area contributed by atoms with Gasteiger partial charge in [-0.1, -0.05) is 30.3 Å². The second kappa shape index (κ2) is 10.00. The predicted octanol–water partition coefficient (Wildman–Crippen LogP) is 5.35. The van der Waals surface area contributed by atoms with E-state index in [0.717, 1.165) is 11.8 Å². The van der Waals surface area contributed by atoms with Crippen LogP contribution in [-0.2, 0) is 12.7 Å². The lowest BCUT2D eigenvalue weighted by Gasteiger charge is -2.23. The average molecular weight is 528 g/mol. The number of imidazole rings is 1. The molecule has 0 radical (unpaired) electrons. The van der Waals surface area contributed by atoms with Gasteiger partial charge in [-0.15, -0.1) is 0 Å².